The molecule has 0 bridgehead atoms. The van der Waals surface area contributed by atoms with E-state index in [-0.39, 0.29) is 0 Å². The number of benzene rings is 2. The summed E-state index contributed by atoms with van der Waals surface area (Å²) in [6.45, 7) is 3.35. The smallest absolute Gasteiger partial charge is 0.179 e. The average Bonchev–Trinajstić information content (AvgIpc) is 2.52. The van der Waals surface area contributed by atoms with Crippen LogP contribution in [0.25, 0.3) is 0 Å². The van der Waals surface area contributed by atoms with Gasteiger partial charge in [0.05, 0.1) is 18.7 Å². The fraction of sp³-hybridized carbons (Fsp3) is 0.294. The van der Waals surface area contributed by atoms with Gasteiger partial charge in [0, 0.05) is 12.2 Å². The molecule has 0 amide bonds. The molecule has 2 aromatic carbocycles. The standard InChI is InChI=1S/C17H20ClNO2/c1-3-9-21-17-15(18)10-13(11-16(17)20-2)12-19-14-7-5-4-6-8-14/h4-8,10-11,19H,3,9,12H2,1-2H3. The van der Waals surface area contributed by atoms with Crippen LogP contribution in [-0.4, -0.2) is 13.7 Å². The van der Waals surface area contributed by atoms with Gasteiger partial charge in [-0.3, -0.25) is 0 Å². The molecule has 0 aliphatic heterocycles. The fourth-order valence-corrected chi connectivity index (χ4v) is 2.27. The highest BCUT2D eigenvalue weighted by atomic mass is 35.5. The first-order valence-corrected chi connectivity index (χ1v) is 7.40. The van der Waals surface area contributed by atoms with Gasteiger partial charge in [-0.1, -0.05) is 36.7 Å². The van der Waals surface area contributed by atoms with E-state index in [1.807, 2.05) is 42.5 Å². The van der Waals surface area contributed by atoms with Gasteiger partial charge in [0.25, 0.3) is 0 Å². The molecule has 2 rings (SSSR count). The van der Waals surface area contributed by atoms with E-state index in [2.05, 4.69) is 12.2 Å². The van der Waals surface area contributed by atoms with Crippen LogP contribution in [0.2, 0.25) is 5.02 Å². The van der Waals surface area contributed by atoms with E-state index in [1.54, 1.807) is 7.11 Å². The minimum absolute atomic E-state index is 0.577. The van der Waals surface area contributed by atoms with Crippen molar-refractivity contribution in [2.24, 2.45) is 0 Å². The molecule has 0 unspecified atom stereocenters. The Morgan fingerprint density at radius 2 is 1.90 bits per heavy atom. The molecule has 0 aromatic heterocycles. The molecule has 0 atom stereocenters. The quantitative estimate of drug-likeness (QED) is 0.800. The summed E-state index contributed by atoms with van der Waals surface area (Å²) in [4.78, 5) is 0. The molecule has 0 heterocycles. The minimum atomic E-state index is 0.577. The van der Waals surface area contributed by atoms with Gasteiger partial charge in [0.15, 0.2) is 11.5 Å². The molecule has 2 aromatic rings. The second kappa shape index (κ2) is 7.79. The lowest BCUT2D eigenvalue weighted by Crippen LogP contribution is -2.02. The number of hydrogen-bond donors (Lipinski definition) is 1. The normalized spacial score (nSPS) is 10.2. The van der Waals surface area contributed by atoms with Gasteiger partial charge in [-0.2, -0.15) is 0 Å². The molecule has 0 saturated carbocycles. The number of rotatable bonds is 7. The lowest BCUT2D eigenvalue weighted by atomic mass is 10.2. The van der Waals surface area contributed by atoms with E-state index in [4.69, 9.17) is 21.1 Å². The van der Waals surface area contributed by atoms with Crippen LogP contribution in [0, 0.1) is 0 Å². The van der Waals surface area contributed by atoms with Crippen molar-refractivity contribution < 1.29 is 9.47 Å². The van der Waals surface area contributed by atoms with Gasteiger partial charge in [-0.15, -0.1) is 0 Å². The number of hydrogen-bond acceptors (Lipinski definition) is 3. The van der Waals surface area contributed by atoms with Gasteiger partial charge in [-0.25, -0.2) is 0 Å². The maximum atomic E-state index is 6.30. The molecule has 3 nitrogen and oxygen atoms in total. The molecule has 1 N–H and O–H groups in total. The largest absolute Gasteiger partial charge is 0.493 e. The first-order chi connectivity index (χ1) is 10.2. The molecule has 0 radical (unpaired) electrons. The van der Waals surface area contributed by atoms with E-state index in [0.29, 0.717) is 29.7 Å². The maximum absolute atomic E-state index is 6.30. The fourth-order valence-electron chi connectivity index (χ4n) is 1.98. The topological polar surface area (TPSA) is 30.5 Å². The van der Waals surface area contributed by atoms with E-state index >= 15 is 0 Å². The van der Waals surface area contributed by atoms with E-state index in [9.17, 15) is 0 Å². The van der Waals surface area contributed by atoms with Crippen LogP contribution in [-0.2, 0) is 6.54 Å². The zero-order valence-electron chi connectivity index (χ0n) is 12.4. The SMILES string of the molecule is CCCOc1c(Cl)cc(CNc2ccccc2)cc1OC. The highest BCUT2D eigenvalue weighted by molar-refractivity contribution is 6.32. The summed E-state index contributed by atoms with van der Waals surface area (Å²) in [5.74, 6) is 1.28. The van der Waals surface area contributed by atoms with Crippen LogP contribution in [0.1, 0.15) is 18.9 Å². The van der Waals surface area contributed by atoms with Crippen LogP contribution in [0.5, 0.6) is 11.5 Å². The Morgan fingerprint density at radius 3 is 2.57 bits per heavy atom. The molecule has 4 heteroatoms. The Labute approximate surface area is 130 Å². The van der Waals surface area contributed by atoms with Crippen molar-refractivity contribution in [2.45, 2.75) is 19.9 Å². The molecular formula is C17H20ClNO2. The predicted octanol–water partition coefficient (Wildman–Crippen LogP) is 4.75. The lowest BCUT2D eigenvalue weighted by Gasteiger charge is -2.14. The Hall–Kier alpha value is -1.87. The molecule has 112 valence electrons. The zero-order chi connectivity index (χ0) is 15.1. The van der Waals surface area contributed by atoms with E-state index in [0.717, 1.165) is 17.7 Å². The summed E-state index contributed by atoms with van der Waals surface area (Å²) in [5.41, 5.74) is 2.11. The van der Waals surface area contributed by atoms with Gasteiger partial charge >= 0.3 is 0 Å². The summed E-state index contributed by atoms with van der Waals surface area (Å²) in [7, 11) is 1.62. The zero-order valence-corrected chi connectivity index (χ0v) is 13.1. The Kier molecular flexibility index (Phi) is 5.76. The van der Waals surface area contributed by atoms with Gasteiger partial charge < -0.3 is 14.8 Å². The van der Waals surface area contributed by atoms with Gasteiger partial charge in [0.2, 0.25) is 0 Å². The number of anilines is 1. The molecule has 0 aliphatic rings. The summed E-state index contributed by atoms with van der Waals surface area (Å²) in [6.07, 6.45) is 0.927. The molecule has 0 fully saturated rings. The molecule has 0 saturated heterocycles. The summed E-state index contributed by atoms with van der Waals surface area (Å²) < 4.78 is 11.0. The third kappa shape index (κ3) is 4.30. The highest BCUT2D eigenvalue weighted by Gasteiger charge is 2.11. The number of ether oxygens (including phenoxy) is 2. The molecular weight excluding hydrogens is 286 g/mol. The monoisotopic (exact) mass is 305 g/mol. The third-order valence-electron chi connectivity index (χ3n) is 3.01. The number of nitrogens with one attached hydrogen (secondary N) is 1. The predicted molar refractivity (Wildman–Crippen MR) is 87.6 cm³/mol. The van der Waals surface area contributed by atoms with Gasteiger partial charge in [-0.05, 0) is 36.2 Å². The van der Waals surface area contributed by atoms with Crippen molar-refractivity contribution in [3.05, 3.63) is 53.1 Å². The van der Waals surface area contributed by atoms with Gasteiger partial charge in [0.1, 0.15) is 0 Å². The Morgan fingerprint density at radius 1 is 1.14 bits per heavy atom. The summed E-state index contributed by atoms with van der Waals surface area (Å²) in [6, 6.07) is 13.9. The average molecular weight is 306 g/mol. The van der Waals surface area contributed by atoms with E-state index in [1.165, 1.54) is 0 Å². The van der Waals surface area contributed by atoms with Crippen molar-refractivity contribution in [3.63, 3.8) is 0 Å². The first kappa shape index (κ1) is 15.5. The molecule has 21 heavy (non-hydrogen) atoms. The number of halogens is 1. The van der Waals surface area contributed by atoms with Crippen LogP contribution in [0.3, 0.4) is 0 Å². The van der Waals surface area contributed by atoms with Crippen molar-refractivity contribution in [2.75, 3.05) is 19.0 Å². The van der Waals surface area contributed by atoms with E-state index < -0.39 is 0 Å². The molecule has 0 spiro atoms. The number of para-hydroxylation sites is 1. The second-order valence-corrected chi connectivity index (χ2v) is 5.08. The van der Waals surface area contributed by atoms with Crippen molar-refractivity contribution in [1.29, 1.82) is 0 Å². The first-order valence-electron chi connectivity index (χ1n) is 7.02. The maximum Gasteiger partial charge on any atom is 0.179 e. The van der Waals surface area contributed by atoms with Crippen LogP contribution in [0.4, 0.5) is 5.69 Å². The molecule has 0 aliphatic carbocycles. The van der Waals surface area contributed by atoms with Crippen molar-refractivity contribution in [1.82, 2.24) is 0 Å². The van der Waals surface area contributed by atoms with Crippen molar-refractivity contribution >= 4 is 17.3 Å². The number of methoxy groups -OCH3 is 1. The van der Waals surface area contributed by atoms with Crippen LogP contribution < -0.4 is 14.8 Å². The highest BCUT2D eigenvalue weighted by Crippen LogP contribution is 2.36. The minimum Gasteiger partial charge on any atom is -0.493 e. The van der Waals surface area contributed by atoms with Crippen LogP contribution >= 0.6 is 11.6 Å². The Balaban J connectivity index is 2.12. The van der Waals surface area contributed by atoms with Crippen LogP contribution in [0.15, 0.2) is 42.5 Å². The second-order valence-electron chi connectivity index (χ2n) is 4.68. The lowest BCUT2D eigenvalue weighted by molar-refractivity contribution is 0.294. The Bertz CT molecular complexity index is 573. The summed E-state index contributed by atoms with van der Waals surface area (Å²) in [5, 5.41) is 3.92. The van der Waals surface area contributed by atoms with Crippen molar-refractivity contribution in [3.8, 4) is 11.5 Å². The summed E-state index contributed by atoms with van der Waals surface area (Å²) >= 11 is 6.30. The third-order valence-corrected chi connectivity index (χ3v) is 3.29.